The quantitative estimate of drug-likeness (QED) is 0.501. The van der Waals surface area contributed by atoms with Gasteiger partial charge in [0, 0.05) is 13.3 Å². The first-order valence-electron chi connectivity index (χ1n) is 6.85. The van der Waals surface area contributed by atoms with Gasteiger partial charge >= 0.3 is 5.97 Å². The molecule has 0 fully saturated rings. The van der Waals surface area contributed by atoms with Gasteiger partial charge in [-0.1, -0.05) is 13.8 Å². The molecule has 0 aromatic rings. The number of hydrogen-bond acceptors (Lipinski definition) is 5. The summed E-state index contributed by atoms with van der Waals surface area (Å²) in [6.45, 7) is 4.92. The van der Waals surface area contributed by atoms with E-state index < -0.39 is 24.0 Å². The number of carbonyl (C=O) groups excluding carboxylic acids is 3. The summed E-state index contributed by atoms with van der Waals surface area (Å²) in [7, 11) is 1.24. The van der Waals surface area contributed by atoms with Crippen LogP contribution in [0.5, 0.6) is 0 Å². The maximum absolute atomic E-state index is 12.2. The van der Waals surface area contributed by atoms with Crippen molar-refractivity contribution in [2.75, 3.05) is 7.11 Å². The zero-order valence-corrected chi connectivity index (χ0v) is 12.9. The first-order chi connectivity index (χ1) is 9.83. The summed E-state index contributed by atoms with van der Waals surface area (Å²) in [5, 5.41) is 13.6. The van der Waals surface area contributed by atoms with Crippen LogP contribution in [0.4, 0.5) is 0 Å². The van der Waals surface area contributed by atoms with Crippen molar-refractivity contribution in [1.82, 2.24) is 10.6 Å². The molecule has 0 unspecified atom stereocenters. The second-order valence-electron chi connectivity index (χ2n) is 5.06. The van der Waals surface area contributed by atoms with Gasteiger partial charge in [0.2, 0.25) is 11.8 Å². The molecule has 0 bridgehead atoms. The summed E-state index contributed by atoms with van der Waals surface area (Å²) < 4.78 is 4.64. The van der Waals surface area contributed by atoms with Gasteiger partial charge in [0.15, 0.2) is 0 Å². The number of nitrogens with one attached hydrogen (secondary N) is 2. The molecule has 0 saturated heterocycles. The van der Waals surface area contributed by atoms with Gasteiger partial charge in [-0.2, -0.15) is 5.26 Å². The molecule has 2 N–H and O–H groups in total. The van der Waals surface area contributed by atoms with Crippen molar-refractivity contribution in [2.24, 2.45) is 5.92 Å². The van der Waals surface area contributed by atoms with Gasteiger partial charge in [-0.15, -0.1) is 0 Å². The molecular weight excluding hydrogens is 274 g/mol. The van der Waals surface area contributed by atoms with E-state index in [4.69, 9.17) is 5.26 Å². The highest BCUT2D eigenvalue weighted by atomic mass is 16.5. The van der Waals surface area contributed by atoms with Crippen LogP contribution in [-0.2, 0) is 19.1 Å². The number of nitrogens with zero attached hydrogens (tertiary/aromatic N) is 1. The third kappa shape index (κ3) is 7.30. The maximum atomic E-state index is 12.2. The summed E-state index contributed by atoms with van der Waals surface area (Å²) in [4.78, 5) is 35.0. The number of unbranched alkanes of at least 4 members (excludes halogenated alkanes) is 1. The van der Waals surface area contributed by atoms with E-state index in [1.807, 2.05) is 6.07 Å². The summed E-state index contributed by atoms with van der Waals surface area (Å²) in [6.07, 6.45) is 1.09. The molecule has 0 rings (SSSR count). The highest BCUT2D eigenvalue weighted by Crippen LogP contribution is 2.06. The molecule has 7 heteroatoms. The highest BCUT2D eigenvalue weighted by molar-refractivity contribution is 5.90. The first-order valence-corrected chi connectivity index (χ1v) is 6.85. The zero-order valence-electron chi connectivity index (χ0n) is 12.9. The Morgan fingerprint density at radius 1 is 1.24 bits per heavy atom. The lowest BCUT2D eigenvalue weighted by molar-refractivity contribution is -0.145. The highest BCUT2D eigenvalue weighted by Gasteiger charge is 2.28. The minimum Gasteiger partial charge on any atom is -0.467 e. The normalized spacial score (nSPS) is 13.0. The molecular formula is C14H23N3O4. The molecule has 0 heterocycles. The number of carbonyl (C=O) groups is 3. The van der Waals surface area contributed by atoms with Gasteiger partial charge in [-0.3, -0.25) is 9.59 Å². The Morgan fingerprint density at radius 2 is 1.86 bits per heavy atom. The van der Waals surface area contributed by atoms with E-state index in [9.17, 15) is 14.4 Å². The fraction of sp³-hybridized carbons (Fsp3) is 0.714. The third-order valence-electron chi connectivity index (χ3n) is 2.89. The lowest BCUT2D eigenvalue weighted by Crippen LogP contribution is -2.53. The molecule has 2 amide bonds. The third-order valence-corrected chi connectivity index (χ3v) is 2.89. The van der Waals surface area contributed by atoms with Gasteiger partial charge in [-0.05, 0) is 18.8 Å². The maximum Gasteiger partial charge on any atom is 0.328 e. The van der Waals surface area contributed by atoms with E-state index in [2.05, 4.69) is 15.4 Å². The predicted molar refractivity (Wildman–Crippen MR) is 75.9 cm³/mol. The standard InChI is InChI=1S/C14H23N3O4/c1-9(2)12(16-10(3)18)13(19)17-11(14(20)21-4)7-5-6-8-15/h9,11-12H,5-7H2,1-4H3,(H,16,18)(H,17,19)/t11-,12-/m1/s1. The van der Waals surface area contributed by atoms with E-state index in [1.54, 1.807) is 13.8 Å². The molecule has 0 aliphatic carbocycles. The van der Waals surface area contributed by atoms with Crippen LogP contribution in [0.25, 0.3) is 0 Å². The number of ether oxygens (including phenoxy) is 1. The Kier molecular flexibility index (Phi) is 8.77. The van der Waals surface area contributed by atoms with Crippen LogP contribution < -0.4 is 10.6 Å². The first kappa shape index (κ1) is 18.9. The molecule has 118 valence electrons. The van der Waals surface area contributed by atoms with Crippen LogP contribution in [0.3, 0.4) is 0 Å². The second kappa shape index (κ2) is 9.75. The number of rotatable bonds is 8. The van der Waals surface area contributed by atoms with E-state index in [0.717, 1.165) is 0 Å². The predicted octanol–water partition coefficient (Wildman–Crippen LogP) is 0.499. The molecule has 0 aliphatic rings. The van der Waals surface area contributed by atoms with Gasteiger partial charge in [-0.25, -0.2) is 4.79 Å². The summed E-state index contributed by atoms with van der Waals surface area (Å²) >= 11 is 0. The average Bonchev–Trinajstić information content (AvgIpc) is 2.42. The number of nitriles is 1. The Hall–Kier alpha value is -2.10. The fourth-order valence-corrected chi connectivity index (χ4v) is 1.79. The number of hydrogen-bond donors (Lipinski definition) is 2. The van der Waals surface area contributed by atoms with Crippen molar-refractivity contribution in [3.63, 3.8) is 0 Å². The smallest absolute Gasteiger partial charge is 0.328 e. The average molecular weight is 297 g/mol. The van der Waals surface area contributed by atoms with Gasteiger partial charge in [0.25, 0.3) is 0 Å². The number of amides is 2. The van der Waals surface area contributed by atoms with Gasteiger partial charge in [0.1, 0.15) is 12.1 Å². The van der Waals surface area contributed by atoms with Crippen LogP contribution in [0.1, 0.15) is 40.0 Å². The summed E-state index contributed by atoms with van der Waals surface area (Å²) in [5.74, 6) is -1.44. The lowest BCUT2D eigenvalue weighted by Gasteiger charge is -2.24. The molecule has 0 aromatic heterocycles. The topological polar surface area (TPSA) is 108 Å². The molecule has 21 heavy (non-hydrogen) atoms. The van der Waals surface area contributed by atoms with Crippen molar-refractivity contribution in [3.8, 4) is 6.07 Å². The van der Waals surface area contributed by atoms with E-state index in [0.29, 0.717) is 19.3 Å². The van der Waals surface area contributed by atoms with Crippen molar-refractivity contribution in [1.29, 1.82) is 5.26 Å². The largest absolute Gasteiger partial charge is 0.467 e. The van der Waals surface area contributed by atoms with Crippen molar-refractivity contribution < 1.29 is 19.1 Å². The number of esters is 1. The van der Waals surface area contributed by atoms with E-state index in [-0.39, 0.29) is 11.8 Å². The molecule has 2 atom stereocenters. The number of methoxy groups -OCH3 is 1. The molecule has 0 aliphatic heterocycles. The zero-order chi connectivity index (χ0) is 16.4. The Labute approximate surface area is 125 Å². The Balaban J connectivity index is 4.79. The second-order valence-corrected chi connectivity index (χ2v) is 5.06. The molecule has 0 spiro atoms. The monoisotopic (exact) mass is 297 g/mol. The van der Waals surface area contributed by atoms with Crippen molar-refractivity contribution in [2.45, 2.75) is 52.1 Å². The van der Waals surface area contributed by atoms with Crippen LogP contribution >= 0.6 is 0 Å². The SMILES string of the molecule is COC(=O)[C@@H](CCCC#N)NC(=O)[C@H](NC(C)=O)C(C)C. The van der Waals surface area contributed by atoms with Gasteiger partial charge in [0.05, 0.1) is 13.2 Å². The van der Waals surface area contributed by atoms with E-state index in [1.165, 1.54) is 14.0 Å². The summed E-state index contributed by atoms with van der Waals surface area (Å²) in [6, 6.07) is 0.448. The fourth-order valence-electron chi connectivity index (χ4n) is 1.79. The minimum atomic E-state index is -0.814. The molecule has 0 saturated carbocycles. The summed E-state index contributed by atoms with van der Waals surface area (Å²) in [5.41, 5.74) is 0. The van der Waals surface area contributed by atoms with Gasteiger partial charge < -0.3 is 15.4 Å². The Morgan fingerprint density at radius 3 is 2.29 bits per heavy atom. The van der Waals surface area contributed by atoms with Crippen molar-refractivity contribution >= 4 is 17.8 Å². The van der Waals surface area contributed by atoms with Crippen LogP contribution in [0.2, 0.25) is 0 Å². The van der Waals surface area contributed by atoms with Crippen LogP contribution in [0, 0.1) is 17.2 Å². The Bertz CT molecular complexity index is 415. The van der Waals surface area contributed by atoms with Crippen LogP contribution in [0.15, 0.2) is 0 Å². The lowest BCUT2D eigenvalue weighted by atomic mass is 10.0. The minimum absolute atomic E-state index is 0.119. The molecule has 0 radical (unpaired) electrons. The van der Waals surface area contributed by atoms with Crippen LogP contribution in [-0.4, -0.2) is 37.0 Å². The molecule has 0 aromatic carbocycles. The molecule has 7 nitrogen and oxygen atoms in total. The van der Waals surface area contributed by atoms with Crippen molar-refractivity contribution in [3.05, 3.63) is 0 Å². The van der Waals surface area contributed by atoms with E-state index >= 15 is 0 Å².